The molecule has 2 N–H and O–H groups in total. The first kappa shape index (κ1) is 24.4. The summed E-state index contributed by atoms with van der Waals surface area (Å²) >= 11 is 0. The number of anilines is 2. The molecule has 3 heterocycles. The molecular formula is C29H30N6O2S. The van der Waals surface area contributed by atoms with Gasteiger partial charge in [-0.3, -0.25) is 4.72 Å². The molecule has 0 radical (unpaired) electrons. The van der Waals surface area contributed by atoms with Gasteiger partial charge < -0.3 is 9.88 Å². The Hall–Kier alpha value is -3.98. The predicted octanol–water partition coefficient (Wildman–Crippen LogP) is 5.03. The molecule has 0 spiro atoms. The monoisotopic (exact) mass is 526 g/mol. The molecule has 0 saturated carbocycles. The second-order valence-electron chi connectivity index (χ2n) is 10.1. The number of H-pyrrole nitrogens is 1. The summed E-state index contributed by atoms with van der Waals surface area (Å²) in [5.41, 5.74) is 7.98. The second kappa shape index (κ2) is 9.72. The number of nitrogens with one attached hydrogen (secondary N) is 2. The van der Waals surface area contributed by atoms with E-state index < -0.39 is 10.0 Å². The lowest BCUT2D eigenvalue weighted by atomic mass is 9.96. The Balaban J connectivity index is 1.19. The molecule has 6 rings (SSSR count). The fraction of sp³-hybridized carbons (Fsp3) is 0.276. The second-order valence-corrected chi connectivity index (χ2v) is 11.8. The summed E-state index contributed by atoms with van der Waals surface area (Å²) in [5.74, 6) is 2.42. The molecule has 2 aromatic carbocycles. The van der Waals surface area contributed by atoms with E-state index in [4.69, 9.17) is 4.98 Å². The van der Waals surface area contributed by atoms with Crippen molar-refractivity contribution in [3.8, 4) is 11.3 Å². The number of piperidine rings is 1. The molecule has 0 atom stereocenters. The van der Waals surface area contributed by atoms with Gasteiger partial charge in [-0.2, -0.15) is 0 Å². The smallest absolute Gasteiger partial charge is 0.229 e. The summed E-state index contributed by atoms with van der Waals surface area (Å²) in [4.78, 5) is 20.1. The Morgan fingerprint density at radius 2 is 1.76 bits per heavy atom. The molecule has 9 heteroatoms. The first-order chi connectivity index (χ1) is 18.3. The van der Waals surface area contributed by atoms with Crippen LogP contribution in [0, 0.1) is 6.92 Å². The number of nitrogens with zero attached hydrogens (tertiary/aromatic N) is 4. The van der Waals surface area contributed by atoms with E-state index in [9.17, 15) is 8.42 Å². The number of imidazole rings is 1. The Bertz CT molecular complexity index is 1620. The van der Waals surface area contributed by atoms with Crippen molar-refractivity contribution in [2.45, 2.75) is 32.1 Å². The Labute approximate surface area is 222 Å². The van der Waals surface area contributed by atoms with Crippen LogP contribution in [0.4, 0.5) is 11.5 Å². The van der Waals surface area contributed by atoms with Crippen LogP contribution in [0.15, 0.2) is 60.9 Å². The standard InChI is InChI=1S/C29H30N6O2S/c1-19-27(20-7-4-3-5-8-20)33-28(32-19)21-11-13-35(14-12-21)29-25-16-23(17-26(25)30-18-31-29)22-9-6-10-24(15-22)34-38(2,36)37/h3-10,15-16,18,21,34H,11-14,17H2,1-2H3,(H,32,33). The average Bonchev–Trinajstić information content (AvgIpc) is 3.52. The third kappa shape index (κ3) is 4.93. The molecule has 194 valence electrons. The number of benzene rings is 2. The summed E-state index contributed by atoms with van der Waals surface area (Å²) < 4.78 is 25.9. The molecular weight excluding hydrogens is 496 g/mol. The van der Waals surface area contributed by atoms with Crippen molar-refractivity contribution in [3.05, 3.63) is 89.3 Å². The largest absolute Gasteiger partial charge is 0.356 e. The van der Waals surface area contributed by atoms with Crippen molar-refractivity contribution in [2.75, 3.05) is 29.0 Å². The maximum atomic E-state index is 11.7. The fourth-order valence-electron chi connectivity index (χ4n) is 5.47. The first-order valence-corrected chi connectivity index (χ1v) is 14.7. The highest BCUT2D eigenvalue weighted by Gasteiger charge is 2.28. The zero-order valence-corrected chi connectivity index (χ0v) is 22.3. The highest BCUT2D eigenvalue weighted by atomic mass is 32.2. The van der Waals surface area contributed by atoms with Crippen molar-refractivity contribution in [1.29, 1.82) is 0 Å². The van der Waals surface area contributed by atoms with Crippen LogP contribution in [-0.2, 0) is 16.4 Å². The number of sulfonamides is 1. The molecule has 38 heavy (non-hydrogen) atoms. The van der Waals surface area contributed by atoms with E-state index in [1.54, 1.807) is 12.4 Å². The van der Waals surface area contributed by atoms with Crippen LogP contribution in [0.2, 0.25) is 0 Å². The Morgan fingerprint density at radius 3 is 2.53 bits per heavy atom. The van der Waals surface area contributed by atoms with Crippen molar-refractivity contribution >= 4 is 33.2 Å². The molecule has 1 aliphatic carbocycles. The van der Waals surface area contributed by atoms with Gasteiger partial charge in [-0.05, 0) is 49.1 Å². The number of aromatic nitrogens is 4. The van der Waals surface area contributed by atoms with Crippen molar-refractivity contribution in [2.24, 2.45) is 0 Å². The maximum absolute atomic E-state index is 11.7. The van der Waals surface area contributed by atoms with Crippen molar-refractivity contribution < 1.29 is 8.42 Å². The predicted molar refractivity (Wildman–Crippen MR) is 151 cm³/mol. The minimum absolute atomic E-state index is 0.383. The molecule has 2 aromatic heterocycles. The van der Waals surface area contributed by atoms with Gasteiger partial charge in [-0.25, -0.2) is 23.4 Å². The van der Waals surface area contributed by atoms with Crippen molar-refractivity contribution in [1.82, 2.24) is 19.9 Å². The molecule has 0 bridgehead atoms. The average molecular weight is 527 g/mol. The number of aromatic amines is 1. The van der Waals surface area contributed by atoms with Crippen LogP contribution in [0.1, 0.15) is 47.1 Å². The van der Waals surface area contributed by atoms with Gasteiger partial charge in [0.2, 0.25) is 10.0 Å². The lowest BCUT2D eigenvalue weighted by molar-refractivity contribution is 0.486. The van der Waals surface area contributed by atoms with Crippen molar-refractivity contribution in [3.63, 3.8) is 0 Å². The Morgan fingerprint density at radius 1 is 1.00 bits per heavy atom. The van der Waals surface area contributed by atoms with Gasteiger partial charge in [0.15, 0.2) is 0 Å². The van der Waals surface area contributed by atoms with E-state index in [1.165, 1.54) is 0 Å². The minimum atomic E-state index is -3.34. The number of aryl methyl sites for hydroxylation is 1. The van der Waals surface area contributed by atoms with Crippen LogP contribution >= 0.6 is 0 Å². The molecule has 0 amide bonds. The molecule has 0 unspecified atom stereocenters. The maximum Gasteiger partial charge on any atom is 0.229 e. The topological polar surface area (TPSA) is 104 Å². The highest BCUT2D eigenvalue weighted by molar-refractivity contribution is 7.92. The van der Waals surface area contributed by atoms with E-state index in [1.807, 2.05) is 36.4 Å². The number of allylic oxidation sites excluding steroid dienone is 1. The first-order valence-electron chi connectivity index (χ1n) is 12.8. The molecule has 1 saturated heterocycles. The van der Waals surface area contributed by atoms with Gasteiger partial charge in [0, 0.05) is 47.9 Å². The number of fused-ring (bicyclic) bond motifs is 1. The van der Waals surface area contributed by atoms with Gasteiger partial charge >= 0.3 is 0 Å². The minimum Gasteiger partial charge on any atom is -0.356 e. The van der Waals surface area contributed by atoms with Gasteiger partial charge in [-0.1, -0.05) is 42.5 Å². The van der Waals surface area contributed by atoms with Crippen LogP contribution < -0.4 is 9.62 Å². The molecule has 1 aliphatic heterocycles. The van der Waals surface area contributed by atoms with E-state index in [2.05, 4.69) is 49.7 Å². The molecule has 1 fully saturated rings. The summed E-state index contributed by atoms with van der Waals surface area (Å²) in [6.45, 7) is 3.88. The molecule has 8 nitrogen and oxygen atoms in total. The zero-order valence-electron chi connectivity index (χ0n) is 21.5. The van der Waals surface area contributed by atoms with Gasteiger partial charge in [0.1, 0.15) is 18.0 Å². The quantitative estimate of drug-likeness (QED) is 0.365. The number of rotatable bonds is 6. The summed E-state index contributed by atoms with van der Waals surface area (Å²) in [6, 6.07) is 17.8. The van der Waals surface area contributed by atoms with Gasteiger partial charge in [0.05, 0.1) is 17.6 Å². The van der Waals surface area contributed by atoms with Gasteiger partial charge in [-0.15, -0.1) is 0 Å². The Kier molecular flexibility index (Phi) is 6.23. The van der Waals surface area contributed by atoms with Crippen LogP contribution in [0.25, 0.3) is 22.9 Å². The van der Waals surface area contributed by atoms with Crippen LogP contribution in [0.5, 0.6) is 0 Å². The molecule has 4 aromatic rings. The summed E-state index contributed by atoms with van der Waals surface area (Å²) in [5, 5.41) is 0. The lowest BCUT2D eigenvalue weighted by Crippen LogP contribution is -2.34. The SMILES string of the molecule is Cc1[nH]c(C2CCN(c3ncnc4c3C=C(c3cccc(NS(C)(=O)=O)c3)C4)CC2)nc1-c1ccccc1. The summed E-state index contributed by atoms with van der Waals surface area (Å²) in [7, 11) is -3.34. The number of hydrogen-bond donors (Lipinski definition) is 2. The normalized spacial score (nSPS) is 15.8. The molecule has 2 aliphatic rings. The third-order valence-electron chi connectivity index (χ3n) is 7.29. The van der Waals surface area contributed by atoms with E-state index in [0.717, 1.165) is 83.2 Å². The van der Waals surface area contributed by atoms with Crippen LogP contribution in [0.3, 0.4) is 0 Å². The third-order valence-corrected chi connectivity index (χ3v) is 7.90. The number of hydrogen-bond acceptors (Lipinski definition) is 6. The highest BCUT2D eigenvalue weighted by Crippen LogP contribution is 2.38. The van der Waals surface area contributed by atoms with E-state index in [0.29, 0.717) is 18.0 Å². The van der Waals surface area contributed by atoms with E-state index in [-0.39, 0.29) is 0 Å². The fourth-order valence-corrected chi connectivity index (χ4v) is 6.02. The van der Waals surface area contributed by atoms with E-state index >= 15 is 0 Å². The van der Waals surface area contributed by atoms with Crippen LogP contribution in [-0.4, -0.2) is 47.7 Å². The van der Waals surface area contributed by atoms with Gasteiger partial charge in [0.25, 0.3) is 0 Å². The summed E-state index contributed by atoms with van der Waals surface area (Å²) in [6.07, 6.45) is 7.65. The zero-order chi connectivity index (χ0) is 26.3. The lowest BCUT2D eigenvalue weighted by Gasteiger charge is -2.32.